The standard InChI is InChI=1S/C14H14N2O2/c1-9-6-10(2-3-13(9)14(15)18)11-4-5-16-12(7-11)8-17/h2-7,17H,8H2,1H3,(H2,15,18). The Morgan fingerprint density at radius 3 is 2.61 bits per heavy atom. The van der Waals surface area contributed by atoms with Crippen LogP contribution in [-0.4, -0.2) is 16.0 Å². The summed E-state index contributed by atoms with van der Waals surface area (Å²) in [6.45, 7) is 1.75. The zero-order valence-electron chi connectivity index (χ0n) is 10.1. The highest BCUT2D eigenvalue weighted by Crippen LogP contribution is 2.22. The molecule has 0 spiro atoms. The predicted octanol–water partition coefficient (Wildman–Crippen LogP) is 1.65. The van der Waals surface area contributed by atoms with Crippen LogP contribution in [0.1, 0.15) is 21.6 Å². The van der Waals surface area contributed by atoms with E-state index in [9.17, 15) is 4.79 Å². The lowest BCUT2D eigenvalue weighted by atomic mass is 10.00. The SMILES string of the molecule is Cc1cc(-c2ccnc(CO)c2)ccc1C(N)=O. The molecule has 18 heavy (non-hydrogen) atoms. The first-order valence-electron chi connectivity index (χ1n) is 5.58. The molecule has 1 aromatic carbocycles. The number of aromatic nitrogens is 1. The van der Waals surface area contributed by atoms with Crippen molar-refractivity contribution in [2.75, 3.05) is 0 Å². The molecule has 0 aliphatic rings. The fourth-order valence-corrected chi connectivity index (χ4v) is 1.86. The second-order valence-electron chi connectivity index (χ2n) is 4.09. The van der Waals surface area contributed by atoms with Crippen LogP contribution < -0.4 is 5.73 Å². The van der Waals surface area contributed by atoms with Crippen LogP contribution in [0.2, 0.25) is 0 Å². The quantitative estimate of drug-likeness (QED) is 0.859. The van der Waals surface area contributed by atoms with Gasteiger partial charge in [-0.05, 0) is 41.8 Å². The highest BCUT2D eigenvalue weighted by atomic mass is 16.3. The minimum Gasteiger partial charge on any atom is -0.390 e. The number of rotatable bonds is 3. The summed E-state index contributed by atoms with van der Waals surface area (Å²) in [5.74, 6) is -0.426. The molecule has 0 aliphatic heterocycles. The molecule has 2 aromatic rings. The lowest BCUT2D eigenvalue weighted by Crippen LogP contribution is -2.12. The molecule has 0 saturated heterocycles. The van der Waals surface area contributed by atoms with Crippen molar-refractivity contribution in [3.05, 3.63) is 53.3 Å². The van der Waals surface area contributed by atoms with Crippen LogP contribution in [0.15, 0.2) is 36.5 Å². The van der Waals surface area contributed by atoms with Crippen molar-refractivity contribution >= 4 is 5.91 Å². The number of nitrogens with zero attached hydrogens (tertiary/aromatic N) is 1. The molecule has 0 atom stereocenters. The van der Waals surface area contributed by atoms with E-state index >= 15 is 0 Å². The maximum Gasteiger partial charge on any atom is 0.248 e. The Bertz CT molecular complexity index is 594. The van der Waals surface area contributed by atoms with Gasteiger partial charge in [0.05, 0.1) is 12.3 Å². The van der Waals surface area contributed by atoms with Gasteiger partial charge in [-0.25, -0.2) is 0 Å². The molecule has 0 fully saturated rings. The van der Waals surface area contributed by atoms with Crippen molar-refractivity contribution in [2.24, 2.45) is 5.73 Å². The molecule has 4 heteroatoms. The number of pyridine rings is 1. The minimum absolute atomic E-state index is 0.0911. The van der Waals surface area contributed by atoms with E-state index in [4.69, 9.17) is 10.8 Å². The number of hydrogen-bond acceptors (Lipinski definition) is 3. The fourth-order valence-electron chi connectivity index (χ4n) is 1.86. The number of hydrogen-bond donors (Lipinski definition) is 2. The summed E-state index contributed by atoms with van der Waals surface area (Å²) in [6.07, 6.45) is 1.65. The van der Waals surface area contributed by atoms with Gasteiger partial charge >= 0.3 is 0 Å². The summed E-state index contributed by atoms with van der Waals surface area (Å²) < 4.78 is 0. The van der Waals surface area contributed by atoms with E-state index in [-0.39, 0.29) is 6.61 Å². The molecule has 2 rings (SSSR count). The first-order chi connectivity index (χ1) is 8.61. The van der Waals surface area contributed by atoms with E-state index in [1.165, 1.54) is 0 Å². The second kappa shape index (κ2) is 4.98. The number of aryl methyl sites for hydroxylation is 1. The Balaban J connectivity index is 2.45. The third kappa shape index (κ3) is 2.38. The van der Waals surface area contributed by atoms with Crippen molar-refractivity contribution < 1.29 is 9.90 Å². The highest BCUT2D eigenvalue weighted by Gasteiger charge is 2.07. The third-order valence-corrected chi connectivity index (χ3v) is 2.80. The summed E-state index contributed by atoms with van der Waals surface area (Å²) in [4.78, 5) is 15.2. The number of benzene rings is 1. The molecule has 3 N–H and O–H groups in total. The first kappa shape index (κ1) is 12.3. The molecule has 1 heterocycles. The van der Waals surface area contributed by atoms with Crippen molar-refractivity contribution in [3.8, 4) is 11.1 Å². The van der Waals surface area contributed by atoms with Gasteiger partial charge in [0, 0.05) is 11.8 Å². The number of nitrogens with two attached hydrogens (primary N) is 1. The summed E-state index contributed by atoms with van der Waals surface area (Å²) in [5.41, 5.74) is 9.16. The molecular weight excluding hydrogens is 228 g/mol. The van der Waals surface area contributed by atoms with Gasteiger partial charge in [-0.2, -0.15) is 0 Å². The minimum atomic E-state index is -0.426. The Hall–Kier alpha value is -2.20. The Morgan fingerprint density at radius 1 is 1.28 bits per heavy atom. The average molecular weight is 242 g/mol. The molecule has 4 nitrogen and oxygen atoms in total. The Labute approximate surface area is 105 Å². The summed E-state index contributed by atoms with van der Waals surface area (Å²) in [6, 6.07) is 9.13. The second-order valence-corrected chi connectivity index (χ2v) is 4.09. The van der Waals surface area contributed by atoms with E-state index in [1.54, 1.807) is 12.3 Å². The number of aliphatic hydroxyl groups is 1. The highest BCUT2D eigenvalue weighted by molar-refractivity contribution is 5.94. The summed E-state index contributed by atoms with van der Waals surface area (Å²) >= 11 is 0. The van der Waals surface area contributed by atoms with E-state index in [0.29, 0.717) is 11.3 Å². The number of primary amides is 1. The lowest BCUT2D eigenvalue weighted by molar-refractivity contribution is 0.0999. The molecular formula is C14H14N2O2. The fraction of sp³-hybridized carbons (Fsp3) is 0.143. The van der Waals surface area contributed by atoms with E-state index in [1.807, 2.05) is 31.2 Å². The van der Waals surface area contributed by atoms with Gasteiger partial charge in [-0.3, -0.25) is 9.78 Å². The van der Waals surface area contributed by atoms with Crippen LogP contribution in [0.4, 0.5) is 0 Å². The van der Waals surface area contributed by atoms with Crippen LogP contribution in [0.5, 0.6) is 0 Å². The molecule has 0 saturated carbocycles. The normalized spacial score (nSPS) is 10.3. The van der Waals surface area contributed by atoms with Crippen LogP contribution in [-0.2, 0) is 6.61 Å². The maximum absolute atomic E-state index is 11.1. The van der Waals surface area contributed by atoms with Crippen LogP contribution in [0, 0.1) is 6.92 Å². The number of amides is 1. The number of carbonyl (C=O) groups is 1. The van der Waals surface area contributed by atoms with Gasteiger partial charge in [-0.1, -0.05) is 12.1 Å². The third-order valence-electron chi connectivity index (χ3n) is 2.80. The van der Waals surface area contributed by atoms with Crippen molar-refractivity contribution in [3.63, 3.8) is 0 Å². The van der Waals surface area contributed by atoms with Crippen molar-refractivity contribution in [1.82, 2.24) is 4.98 Å². The largest absolute Gasteiger partial charge is 0.390 e. The summed E-state index contributed by atoms with van der Waals surface area (Å²) in [5, 5.41) is 9.06. The van der Waals surface area contributed by atoms with Crippen LogP contribution in [0.3, 0.4) is 0 Å². The number of carbonyl (C=O) groups excluding carboxylic acids is 1. The monoisotopic (exact) mass is 242 g/mol. The van der Waals surface area contributed by atoms with Gasteiger partial charge in [0.15, 0.2) is 0 Å². The average Bonchev–Trinajstić information content (AvgIpc) is 2.38. The lowest BCUT2D eigenvalue weighted by Gasteiger charge is -2.07. The van der Waals surface area contributed by atoms with Crippen molar-refractivity contribution in [2.45, 2.75) is 13.5 Å². The molecule has 92 valence electrons. The van der Waals surface area contributed by atoms with E-state index in [2.05, 4.69) is 4.98 Å². The molecule has 0 radical (unpaired) electrons. The van der Waals surface area contributed by atoms with Gasteiger partial charge < -0.3 is 10.8 Å². The molecule has 0 aliphatic carbocycles. The van der Waals surface area contributed by atoms with Gasteiger partial charge in [0.1, 0.15) is 0 Å². The molecule has 1 amide bonds. The smallest absolute Gasteiger partial charge is 0.248 e. The zero-order chi connectivity index (χ0) is 13.1. The molecule has 0 unspecified atom stereocenters. The number of aliphatic hydroxyl groups excluding tert-OH is 1. The Kier molecular flexibility index (Phi) is 3.39. The van der Waals surface area contributed by atoms with Gasteiger partial charge in [-0.15, -0.1) is 0 Å². The van der Waals surface area contributed by atoms with E-state index in [0.717, 1.165) is 16.7 Å². The van der Waals surface area contributed by atoms with Crippen LogP contribution >= 0.6 is 0 Å². The molecule has 0 bridgehead atoms. The maximum atomic E-state index is 11.1. The van der Waals surface area contributed by atoms with Gasteiger partial charge in [0.2, 0.25) is 5.91 Å². The van der Waals surface area contributed by atoms with E-state index < -0.39 is 5.91 Å². The van der Waals surface area contributed by atoms with Crippen molar-refractivity contribution in [1.29, 1.82) is 0 Å². The predicted molar refractivity (Wildman–Crippen MR) is 68.9 cm³/mol. The first-order valence-corrected chi connectivity index (χ1v) is 5.58. The summed E-state index contributed by atoms with van der Waals surface area (Å²) in [7, 11) is 0. The zero-order valence-corrected chi connectivity index (χ0v) is 10.1. The van der Waals surface area contributed by atoms with Gasteiger partial charge in [0.25, 0.3) is 0 Å². The topological polar surface area (TPSA) is 76.2 Å². The Morgan fingerprint density at radius 2 is 2.00 bits per heavy atom. The van der Waals surface area contributed by atoms with Crippen LogP contribution in [0.25, 0.3) is 11.1 Å². The molecule has 1 aromatic heterocycles.